The van der Waals surface area contributed by atoms with Crippen molar-refractivity contribution in [3.8, 4) is 0 Å². The average Bonchev–Trinajstić information content (AvgIpc) is 2.96. The molecule has 0 spiro atoms. The normalized spacial score (nSPS) is 28.8. The number of aromatic nitrogens is 1. The van der Waals surface area contributed by atoms with Crippen LogP contribution in [0, 0.1) is 11.7 Å². The number of hydrogen-bond acceptors (Lipinski definition) is 3. The topological polar surface area (TPSA) is 16.1 Å². The number of hydrogen-bond donors (Lipinski definition) is 0. The summed E-state index contributed by atoms with van der Waals surface area (Å²) in [5.41, 5.74) is 0.831. The number of piperidine rings is 1. The van der Waals surface area contributed by atoms with Crippen LogP contribution in [0.1, 0.15) is 50.5 Å². The van der Waals surface area contributed by atoms with E-state index in [2.05, 4.69) is 18.7 Å². The third-order valence-corrected chi connectivity index (χ3v) is 6.37. The van der Waals surface area contributed by atoms with Gasteiger partial charge in [-0.05, 0) is 43.7 Å². The van der Waals surface area contributed by atoms with E-state index in [1.54, 1.807) is 23.5 Å². The lowest BCUT2D eigenvalue weighted by atomic mass is 9.90. The largest absolute Gasteiger partial charge is 0.297 e. The smallest absolute Gasteiger partial charge is 0.125 e. The fourth-order valence-electron chi connectivity index (χ4n) is 4.29. The first-order chi connectivity index (χ1) is 10.6. The second kappa shape index (κ2) is 5.57. The molecule has 1 aromatic carbocycles. The average molecular weight is 318 g/mol. The fourth-order valence-corrected chi connectivity index (χ4v) is 5.36. The first kappa shape index (κ1) is 14.6. The molecule has 2 bridgehead atoms. The molecular weight excluding hydrogens is 295 g/mol. The third kappa shape index (κ3) is 2.56. The maximum absolute atomic E-state index is 13.4. The molecule has 0 aliphatic carbocycles. The highest BCUT2D eigenvalue weighted by Gasteiger charge is 2.41. The highest BCUT2D eigenvalue weighted by atomic mass is 32.1. The van der Waals surface area contributed by atoms with E-state index in [4.69, 9.17) is 4.98 Å². The standard InChI is InChI=1S/C18H23FN2S/c1-11(2)10-21-14-4-5-15(21)8-12(7-14)18-20-16-9-13(19)3-6-17(16)22-18/h3,6,9,11-12,14-15H,4-5,7-8,10H2,1-2H3. The summed E-state index contributed by atoms with van der Waals surface area (Å²) in [4.78, 5) is 7.48. The van der Waals surface area contributed by atoms with Gasteiger partial charge in [-0.15, -0.1) is 11.3 Å². The van der Waals surface area contributed by atoms with Gasteiger partial charge in [-0.25, -0.2) is 9.37 Å². The van der Waals surface area contributed by atoms with Crippen LogP contribution in [0.15, 0.2) is 18.2 Å². The van der Waals surface area contributed by atoms with Crippen LogP contribution in [0.2, 0.25) is 0 Å². The Morgan fingerprint density at radius 3 is 2.68 bits per heavy atom. The summed E-state index contributed by atoms with van der Waals surface area (Å²) in [6.07, 6.45) is 5.14. The number of nitrogens with zero attached hydrogens (tertiary/aromatic N) is 2. The highest BCUT2D eigenvalue weighted by Crippen LogP contribution is 2.44. The molecule has 2 nitrogen and oxygen atoms in total. The second-order valence-corrected chi connectivity index (χ2v) is 8.37. The Hall–Kier alpha value is -1.00. The third-order valence-electron chi connectivity index (χ3n) is 5.18. The van der Waals surface area contributed by atoms with Crippen LogP contribution in [-0.4, -0.2) is 28.5 Å². The minimum absolute atomic E-state index is 0.184. The van der Waals surface area contributed by atoms with Crippen LogP contribution in [0.3, 0.4) is 0 Å². The van der Waals surface area contributed by atoms with Gasteiger partial charge < -0.3 is 0 Å². The number of rotatable bonds is 3. The van der Waals surface area contributed by atoms with Gasteiger partial charge in [-0.3, -0.25) is 4.90 Å². The Balaban J connectivity index is 1.57. The van der Waals surface area contributed by atoms with E-state index in [1.807, 2.05) is 6.07 Å². The molecule has 22 heavy (non-hydrogen) atoms. The van der Waals surface area contributed by atoms with Crippen molar-refractivity contribution in [1.29, 1.82) is 0 Å². The van der Waals surface area contributed by atoms with Crippen molar-refractivity contribution >= 4 is 21.6 Å². The zero-order valence-corrected chi connectivity index (χ0v) is 14.1. The Morgan fingerprint density at radius 1 is 1.27 bits per heavy atom. The molecule has 2 aliphatic heterocycles. The van der Waals surface area contributed by atoms with Gasteiger partial charge in [-0.1, -0.05) is 13.8 Å². The van der Waals surface area contributed by atoms with Crippen molar-refractivity contribution in [2.75, 3.05) is 6.54 Å². The molecule has 2 atom stereocenters. The first-order valence-corrected chi connectivity index (χ1v) is 9.23. The molecule has 2 fully saturated rings. The number of halogens is 1. The SMILES string of the molecule is CC(C)CN1C2CCC1CC(c1nc3cc(F)ccc3s1)C2. The van der Waals surface area contributed by atoms with Crippen molar-refractivity contribution in [3.63, 3.8) is 0 Å². The fraction of sp³-hybridized carbons (Fsp3) is 0.611. The maximum Gasteiger partial charge on any atom is 0.125 e. The Morgan fingerprint density at radius 2 is 2.00 bits per heavy atom. The Kier molecular flexibility index (Phi) is 3.69. The van der Waals surface area contributed by atoms with Gasteiger partial charge in [0, 0.05) is 30.6 Å². The molecule has 4 heteroatoms. The number of benzene rings is 1. The van der Waals surface area contributed by atoms with Gasteiger partial charge in [0.15, 0.2) is 0 Å². The lowest BCUT2D eigenvalue weighted by Gasteiger charge is -2.39. The zero-order valence-electron chi connectivity index (χ0n) is 13.3. The van der Waals surface area contributed by atoms with Crippen LogP contribution in [-0.2, 0) is 0 Å². The lowest BCUT2D eigenvalue weighted by Crippen LogP contribution is -2.44. The van der Waals surface area contributed by atoms with Gasteiger partial charge in [0.05, 0.1) is 15.2 Å². The van der Waals surface area contributed by atoms with Gasteiger partial charge in [-0.2, -0.15) is 0 Å². The summed E-state index contributed by atoms with van der Waals surface area (Å²) in [7, 11) is 0. The molecule has 3 heterocycles. The summed E-state index contributed by atoms with van der Waals surface area (Å²) >= 11 is 1.76. The van der Waals surface area contributed by atoms with Crippen molar-refractivity contribution in [1.82, 2.24) is 9.88 Å². The molecule has 0 amide bonds. The van der Waals surface area contributed by atoms with E-state index in [-0.39, 0.29) is 5.82 Å². The molecule has 2 saturated heterocycles. The van der Waals surface area contributed by atoms with Crippen LogP contribution in [0.5, 0.6) is 0 Å². The van der Waals surface area contributed by atoms with Gasteiger partial charge in [0.25, 0.3) is 0 Å². The van der Waals surface area contributed by atoms with Crippen LogP contribution in [0.25, 0.3) is 10.2 Å². The quantitative estimate of drug-likeness (QED) is 0.808. The minimum Gasteiger partial charge on any atom is -0.297 e. The Bertz CT molecular complexity index is 667. The molecule has 0 radical (unpaired) electrons. The highest BCUT2D eigenvalue weighted by molar-refractivity contribution is 7.18. The van der Waals surface area contributed by atoms with Crippen LogP contribution in [0.4, 0.5) is 4.39 Å². The molecule has 1 aromatic heterocycles. The van der Waals surface area contributed by atoms with Gasteiger partial charge in [0.1, 0.15) is 5.82 Å². The summed E-state index contributed by atoms with van der Waals surface area (Å²) in [5, 5.41) is 1.22. The molecule has 2 unspecified atom stereocenters. The molecule has 118 valence electrons. The summed E-state index contributed by atoms with van der Waals surface area (Å²) in [5.74, 6) is 1.13. The van der Waals surface area contributed by atoms with E-state index in [0.717, 1.165) is 28.2 Å². The molecule has 0 saturated carbocycles. The van der Waals surface area contributed by atoms with E-state index >= 15 is 0 Å². The monoisotopic (exact) mass is 318 g/mol. The summed E-state index contributed by atoms with van der Waals surface area (Å²) in [6.45, 7) is 5.86. The van der Waals surface area contributed by atoms with E-state index in [1.165, 1.54) is 37.2 Å². The molecule has 2 aromatic rings. The zero-order chi connectivity index (χ0) is 15.3. The van der Waals surface area contributed by atoms with Crippen molar-refractivity contribution in [3.05, 3.63) is 29.0 Å². The van der Waals surface area contributed by atoms with E-state index in [9.17, 15) is 4.39 Å². The number of fused-ring (bicyclic) bond motifs is 3. The van der Waals surface area contributed by atoms with Crippen molar-refractivity contribution in [2.45, 2.75) is 57.5 Å². The van der Waals surface area contributed by atoms with Gasteiger partial charge in [0.2, 0.25) is 0 Å². The maximum atomic E-state index is 13.4. The first-order valence-electron chi connectivity index (χ1n) is 8.42. The molecule has 2 aliphatic rings. The Labute approximate surface area is 135 Å². The molecule has 0 N–H and O–H groups in total. The predicted molar refractivity (Wildman–Crippen MR) is 89.9 cm³/mol. The van der Waals surface area contributed by atoms with Crippen molar-refractivity contribution in [2.24, 2.45) is 5.92 Å². The number of thiazole rings is 1. The van der Waals surface area contributed by atoms with Crippen molar-refractivity contribution < 1.29 is 4.39 Å². The van der Waals surface area contributed by atoms with Gasteiger partial charge >= 0.3 is 0 Å². The van der Waals surface area contributed by atoms with Crippen LogP contribution < -0.4 is 0 Å². The predicted octanol–water partition coefficient (Wildman–Crippen LogP) is 4.80. The van der Waals surface area contributed by atoms with Crippen LogP contribution >= 0.6 is 11.3 Å². The molecule has 4 rings (SSSR count). The lowest BCUT2D eigenvalue weighted by molar-refractivity contribution is 0.112. The summed E-state index contributed by atoms with van der Waals surface area (Å²) in [6, 6.07) is 6.44. The molecular formula is C18H23FN2S. The minimum atomic E-state index is -0.184. The second-order valence-electron chi connectivity index (χ2n) is 7.31. The van der Waals surface area contributed by atoms with E-state index in [0.29, 0.717) is 5.92 Å². The van der Waals surface area contributed by atoms with E-state index < -0.39 is 0 Å². The summed E-state index contributed by atoms with van der Waals surface area (Å²) < 4.78 is 14.5.